The lowest BCUT2D eigenvalue weighted by atomic mass is 10.1. The van der Waals surface area contributed by atoms with Gasteiger partial charge in [-0.1, -0.05) is 41.4 Å². The van der Waals surface area contributed by atoms with E-state index >= 15 is 0 Å². The summed E-state index contributed by atoms with van der Waals surface area (Å²) in [5, 5.41) is 0.822. The Bertz CT molecular complexity index is 495. The van der Waals surface area contributed by atoms with Gasteiger partial charge in [0.15, 0.2) is 0 Å². The number of hydrogen-bond acceptors (Lipinski definition) is 0. The van der Waals surface area contributed by atoms with E-state index in [1.807, 2.05) is 6.07 Å². The predicted octanol–water partition coefficient (Wildman–Crippen LogP) is 4.60. The van der Waals surface area contributed by atoms with E-state index in [1.165, 1.54) is 12.1 Å². The standard InChI is InChI=1S/C12H6Cl2F/c13-11-4-2-1-3-9(11)10-6-5-8(15)7-12(10)14/h1-3,5-7H. The van der Waals surface area contributed by atoms with Crippen molar-refractivity contribution in [2.45, 2.75) is 0 Å². The Kier molecular flexibility index (Phi) is 2.94. The van der Waals surface area contributed by atoms with E-state index < -0.39 is 0 Å². The summed E-state index contributed by atoms with van der Waals surface area (Å²) in [6, 6.07) is 12.4. The molecule has 0 fully saturated rings. The first-order valence-electron chi connectivity index (χ1n) is 4.30. The van der Waals surface area contributed by atoms with Gasteiger partial charge in [0.05, 0.1) is 10.0 Å². The molecule has 0 N–H and O–H groups in total. The Balaban J connectivity index is 2.60. The molecule has 0 aliphatic carbocycles. The fraction of sp³-hybridized carbons (Fsp3) is 0. The molecule has 0 aliphatic rings. The summed E-state index contributed by atoms with van der Waals surface area (Å²) in [7, 11) is 0. The third-order valence-corrected chi connectivity index (χ3v) is 2.65. The maximum atomic E-state index is 12.8. The van der Waals surface area contributed by atoms with Crippen molar-refractivity contribution >= 4 is 23.2 Å². The van der Waals surface area contributed by atoms with Crippen molar-refractivity contribution in [3.63, 3.8) is 0 Å². The number of halogens is 3. The van der Waals surface area contributed by atoms with E-state index in [1.54, 1.807) is 18.2 Å². The smallest absolute Gasteiger partial charge is 0.124 e. The molecule has 0 aromatic heterocycles. The molecule has 0 spiro atoms. The van der Waals surface area contributed by atoms with Gasteiger partial charge in [0.2, 0.25) is 0 Å². The molecular formula is C12H6Cl2F. The minimum absolute atomic E-state index is 0.344. The average molecular weight is 240 g/mol. The summed E-state index contributed by atoms with van der Waals surface area (Å²) in [4.78, 5) is 0. The van der Waals surface area contributed by atoms with Crippen molar-refractivity contribution in [3.05, 3.63) is 58.3 Å². The molecule has 2 aromatic carbocycles. The Morgan fingerprint density at radius 2 is 1.87 bits per heavy atom. The fourth-order valence-corrected chi connectivity index (χ4v) is 1.83. The van der Waals surface area contributed by atoms with Crippen molar-refractivity contribution in [2.24, 2.45) is 0 Å². The topological polar surface area (TPSA) is 0 Å². The van der Waals surface area contributed by atoms with Crippen molar-refractivity contribution < 1.29 is 4.39 Å². The lowest BCUT2D eigenvalue weighted by Crippen LogP contribution is -1.82. The maximum absolute atomic E-state index is 12.8. The highest BCUT2D eigenvalue weighted by Crippen LogP contribution is 2.32. The minimum Gasteiger partial charge on any atom is -0.207 e. The van der Waals surface area contributed by atoms with Crippen LogP contribution in [0.3, 0.4) is 0 Å². The van der Waals surface area contributed by atoms with Gasteiger partial charge >= 0.3 is 0 Å². The molecule has 2 rings (SSSR count). The number of benzene rings is 2. The summed E-state index contributed by atoms with van der Waals surface area (Å²) in [5.41, 5.74) is 1.46. The lowest BCUT2D eigenvalue weighted by Gasteiger charge is -2.05. The normalized spacial score (nSPS) is 10.3. The van der Waals surface area contributed by atoms with Crippen LogP contribution in [0.1, 0.15) is 0 Å². The molecule has 0 saturated heterocycles. The van der Waals surface area contributed by atoms with Gasteiger partial charge < -0.3 is 0 Å². The van der Waals surface area contributed by atoms with E-state index in [2.05, 4.69) is 6.07 Å². The molecule has 0 nitrogen and oxygen atoms in total. The zero-order valence-corrected chi connectivity index (χ0v) is 9.11. The molecule has 0 atom stereocenters. The van der Waals surface area contributed by atoms with Crippen molar-refractivity contribution in [3.8, 4) is 11.1 Å². The van der Waals surface area contributed by atoms with Crippen LogP contribution in [-0.4, -0.2) is 0 Å². The Morgan fingerprint density at radius 1 is 1.07 bits per heavy atom. The van der Waals surface area contributed by atoms with Crippen LogP contribution in [0, 0.1) is 11.9 Å². The zero-order chi connectivity index (χ0) is 10.8. The minimum atomic E-state index is -0.361. The molecule has 0 saturated carbocycles. The number of rotatable bonds is 1. The molecule has 75 valence electrons. The first kappa shape index (κ1) is 10.5. The van der Waals surface area contributed by atoms with Gasteiger partial charge in [0.1, 0.15) is 5.82 Å². The highest BCUT2D eigenvalue weighted by Gasteiger charge is 2.07. The molecule has 15 heavy (non-hydrogen) atoms. The van der Waals surface area contributed by atoms with Crippen LogP contribution < -0.4 is 0 Å². The summed E-state index contributed by atoms with van der Waals surface area (Å²) in [6.45, 7) is 0. The molecule has 0 unspecified atom stereocenters. The monoisotopic (exact) mass is 239 g/mol. The van der Waals surface area contributed by atoms with E-state index in [-0.39, 0.29) is 5.82 Å². The Labute approximate surface area is 97.3 Å². The highest BCUT2D eigenvalue weighted by molar-refractivity contribution is 6.36. The van der Waals surface area contributed by atoms with Gasteiger partial charge in [-0.25, -0.2) is 4.39 Å². The van der Waals surface area contributed by atoms with Gasteiger partial charge in [0.25, 0.3) is 0 Å². The van der Waals surface area contributed by atoms with Crippen LogP contribution in [0.15, 0.2) is 36.4 Å². The molecular weight excluding hydrogens is 234 g/mol. The fourth-order valence-electron chi connectivity index (χ4n) is 1.33. The molecule has 1 radical (unpaired) electrons. The van der Waals surface area contributed by atoms with Crippen molar-refractivity contribution in [1.82, 2.24) is 0 Å². The highest BCUT2D eigenvalue weighted by atomic mass is 35.5. The summed E-state index contributed by atoms with van der Waals surface area (Å²) < 4.78 is 12.8. The third-order valence-electron chi connectivity index (χ3n) is 2.03. The van der Waals surface area contributed by atoms with E-state index in [0.717, 1.165) is 5.56 Å². The van der Waals surface area contributed by atoms with Crippen molar-refractivity contribution in [2.75, 3.05) is 0 Å². The van der Waals surface area contributed by atoms with E-state index in [0.29, 0.717) is 15.6 Å². The third kappa shape index (κ3) is 2.14. The molecule has 3 heteroatoms. The van der Waals surface area contributed by atoms with Crippen LogP contribution in [0.25, 0.3) is 11.1 Å². The van der Waals surface area contributed by atoms with Gasteiger partial charge in [-0.15, -0.1) is 0 Å². The van der Waals surface area contributed by atoms with Crippen LogP contribution in [0.4, 0.5) is 4.39 Å². The van der Waals surface area contributed by atoms with Crippen molar-refractivity contribution in [1.29, 1.82) is 0 Å². The molecule has 0 bridgehead atoms. The Morgan fingerprint density at radius 3 is 2.53 bits per heavy atom. The molecule has 0 heterocycles. The van der Waals surface area contributed by atoms with E-state index in [4.69, 9.17) is 23.2 Å². The lowest BCUT2D eigenvalue weighted by molar-refractivity contribution is 0.628. The van der Waals surface area contributed by atoms with E-state index in [9.17, 15) is 4.39 Å². The first-order chi connectivity index (χ1) is 7.18. The summed E-state index contributed by atoms with van der Waals surface area (Å²) >= 11 is 11.9. The van der Waals surface area contributed by atoms with Crippen LogP contribution in [0.5, 0.6) is 0 Å². The SMILES string of the molecule is Fc1ccc(-c2ccc[c]c2Cl)c(Cl)c1. The zero-order valence-electron chi connectivity index (χ0n) is 7.60. The molecule has 0 amide bonds. The van der Waals surface area contributed by atoms with Gasteiger partial charge in [-0.3, -0.25) is 0 Å². The second-order valence-corrected chi connectivity index (χ2v) is 3.81. The molecule has 0 aliphatic heterocycles. The first-order valence-corrected chi connectivity index (χ1v) is 5.05. The van der Waals surface area contributed by atoms with Crippen LogP contribution in [0.2, 0.25) is 10.0 Å². The second kappa shape index (κ2) is 4.21. The summed E-state index contributed by atoms with van der Waals surface area (Å²) in [5.74, 6) is -0.361. The maximum Gasteiger partial charge on any atom is 0.124 e. The largest absolute Gasteiger partial charge is 0.207 e. The van der Waals surface area contributed by atoms with Crippen LogP contribution >= 0.6 is 23.2 Å². The Hall–Kier alpha value is -1.05. The van der Waals surface area contributed by atoms with Crippen LogP contribution in [-0.2, 0) is 0 Å². The quantitative estimate of drug-likeness (QED) is 0.683. The number of hydrogen-bond donors (Lipinski definition) is 0. The summed E-state index contributed by atoms with van der Waals surface area (Å²) in [6.07, 6.45) is 0. The molecule has 2 aromatic rings. The average Bonchev–Trinajstić information content (AvgIpc) is 2.20. The van der Waals surface area contributed by atoms with Gasteiger partial charge in [-0.2, -0.15) is 0 Å². The van der Waals surface area contributed by atoms with Gasteiger partial charge in [0, 0.05) is 17.2 Å². The van der Waals surface area contributed by atoms with Gasteiger partial charge in [-0.05, 0) is 18.2 Å². The predicted molar refractivity (Wildman–Crippen MR) is 60.7 cm³/mol. The second-order valence-electron chi connectivity index (χ2n) is 3.02.